The minimum Gasteiger partial charge on any atom is -0.462 e. The number of nitrogens with one attached hydrogen (secondary N) is 2. The zero-order valence-corrected chi connectivity index (χ0v) is 18.6. The Hall–Kier alpha value is -3.45. The Kier molecular flexibility index (Phi) is 7.43. The highest BCUT2D eigenvalue weighted by Gasteiger charge is 2.29. The van der Waals surface area contributed by atoms with Crippen LogP contribution in [-0.2, 0) is 9.53 Å². The van der Waals surface area contributed by atoms with Crippen LogP contribution >= 0.6 is 23.1 Å². The van der Waals surface area contributed by atoms with Crippen LogP contribution in [0.2, 0.25) is 0 Å². The van der Waals surface area contributed by atoms with Crippen LogP contribution in [-0.4, -0.2) is 40.3 Å². The number of amides is 2. The van der Waals surface area contributed by atoms with Crippen LogP contribution in [0.4, 0.5) is 21.1 Å². The van der Waals surface area contributed by atoms with Gasteiger partial charge in [0.2, 0.25) is 16.9 Å². The number of furan rings is 1. The van der Waals surface area contributed by atoms with E-state index in [-0.39, 0.29) is 40.8 Å². The average Bonchev–Trinajstić information content (AvgIpc) is 3.32. The van der Waals surface area contributed by atoms with Gasteiger partial charge in [-0.25, -0.2) is 9.18 Å². The van der Waals surface area contributed by atoms with Gasteiger partial charge >= 0.3 is 5.97 Å². The highest BCUT2D eigenvalue weighted by atomic mass is 32.2. The number of aromatic nitrogens is 2. The topological polar surface area (TPSA) is 149 Å². The number of thioether (sulfide) groups is 1. The summed E-state index contributed by atoms with van der Waals surface area (Å²) in [6.07, 6.45) is 0. The molecule has 4 N–H and O–H groups in total. The molecule has 0 spiro atoms. The van der Waals surface area contributed by atoms with Gasteiger partial charge in [-0.3, -0.25) is 14.9 Å². The summed E-state index contributed by atoms with van der Waals surface area (Å²) in [4.78, 5) is 36.3. The number of anilines is 3. The standard InChI is InChI=1S/C19H18FN5O5S2/c1-3-29-17(28)13-9(2)30-16(14(13)15(21)27)23-12(26)8-31-19-25-24-18(32-19)22-11-7-5-4-6-10(11)20/h4-7H,3,8H2,1-2H3,(H2,21,27)(H,22,24)(H,23,26). The van der Waals surface area contributed by atoms with E-state index in [0.717, 1.165) is 23.1 Å². The van der Waals surface area contributed by atoms with Gasteiger partial charge < -0.3 is 20.2 Å². The first-order valence-electron chi connectivity index (χ1n) is 9.18. The molecule has 32 heavy (non-hydrogen) atoms. The Bertz CT molecular complexity index is 1160. The summed E-state index contributed by atoms with van der Waals surface area (Å²) in [5.74, 6) is -2.92. The number of esters is 1. The van der Waals surface area contributed by atoms with E-state index in [1.807, 2.05) is 0 Å². The zero-order valence-electron chi connectivity index (χ0n) is 16.9. The van der Waals surface area contributed by atoms with E-state index < -0.39 is 23.6 Å². The molecule has 0 saturated heterocycles. The van der Waals surface area contributed by atoms with Crippen LogP contribution in [0.15, 0.2) is 33.0 Å². The fourth-order valence-electron chi connectivity index (χ4n) is 2.60. The molecule has 0 aliphatic rings. The Morgan fingerprint density at radius 3 is 2.69 bits per heavy atom. The zero-order chi connectivity index (χ0) is 23.3. The van der Waals surface area contributed by atoms with Crippen molar-refractivity contribution in [3.63, 3.8) is 0 Å². The highest BCUT2D eigenvalue weighted by Crippen LogP contribution is 2.30. The normalized spacial score (nSPS) is 10.6. The number of carbonyl (C=O) groups is 3. The number of ether oxygens (including phenoxy) is 1. The lowest BCUT2D eigenvalue weighted by Crippen LogP contribution is -2.21. The Morgan fingerprint density at radius 1 is 1.25 bits per heavy atom. The number of primary amides is 1. The quantitative estimate of drug-likeness (QED) is 0.310. The monoisotopic (exact) mass is 479 g/mol. The number of carbonyl (C=O) groups excluding carboxylic acids is 3. The molecule has 0 atom stereocenters. The van der Waals surface area contributed by atoms with Gasteiger partial charge in [-0.1, -0.05) is 35.2 Å². The summed E-state index contributed by atoms with van der Waals surface area (Å²) >= 11 is 2.21. The molecular weight excluding hydrogens is 461 g/mol. The van der Waals surface area contributed by atoms with Crippen molar-refractivity contribution in [2.24, 2.45) is 5.73 Å². The summed E-state index contributed by atoms with van der Waals surface area (Å²) < 4.78 is 24.4. The summed E-state index contributed by atoms with van der Waals surface area (Å²) in [6.45, 7) is 3.16. The van der Waals surface area contributed by atoms with E-state index in [0.29, 0.717) is 9.47 Å². The van der Waals surface area contributed by atoms with Crippen molar-refractivity contribution in [1.82, 2.24) is 10.2 Å². The lowest BCUT2D eigenvalue weighted by Gasteiger charge is -2.04. The average molecular weight is 480 g/mol. The summed E-state index contributed by atoms with van der Waals surface area (Å²) in [6, 6.07) is 6.12. The van der Waals surface area contributed by atoms with Crippen molar-refractivity contribution < 1.29 is 27.9 Å². The molecule has 0 aliphatic heterocycles. The maximum absolute atomic E-state index is 13.7. The van der Waals surface area contributed by atoms with Gasteiger partial charge in [-0.05, 0) is 26.0 Å². The van der Waals surface area contributed by atoms with Gasteiger partial charge in [-0.15, -0.1) is 10.2 Å². The van der Waals surface area contributed by atoms with E-state index >= 15 is 0 Å². The van der Waals surface area contributed by atoms with Crippen LogP contribution in [0.3, 0.4) is 0 Å². The van der Waals surface area contributed by atoms with Crippen molar-refractivity contribution in [1.29, 1.82) is 0 Å². The van der Waals surface area contributed by atoms with Gasteiger partial charge in [0, 0.05) is 0 Å². The van der Waals surface area contributed by atoms with Gasteiger partial charge in [0.05, 0.1) is 18.0 Å². The summed E-state index contributed by atoms with van der Waals surface area (Å²) in [5.41, 5.74) is 5.23. The molecule has 3 rings (SSSR count). The van der Waals surface area contributed by atoms with Crippen LogP contribution in [0, 0.1) is 12.7 Å². The molecule has 1 aromatic carbocycles. The third-order valence-electron chi connectivity index (χ3n) is 3.91. The molecule has 0 bridgehead atoms. The predicted octanol–water partition coefficient (Wildman–Crippen LogP) is 3.33. The molecular formula is C19H18FN5O5S2. The molecule has 10 nitrogen and oxygen atoms in total. The number of benzene rings is 1. The highest BCUT2D eigenvalue weighted by molar-refractivity contribution is 8.01. The number of halogens is 1. The van der Waals surface area contributed by atoms with Crippen molar-refractivity contribution in [3.05, 3.63) is 47.0 Å². The van der Waals surface area contributed by atoms with Gasteiger partial charge in [0.15, 0.2) is 4.34 Å². The number of para-hydroxylation sites is 1. The molecule has 168 valence electrons. The Morgan fingerprint density at radius 2 is 2.00 bits per heavy atom. The van der Waals surface area contributed by atoms with E-state index in [1.54, 1.807) is 25.1 Å². The molecule has 0 fully saturated rings. The minimum atomic E-state index is -0.944. The molecule has 0 radical (unpaired) electrons. The van der Waals surface area contributed by atoms with Crippen molar-refractivity contribution in [3.8, 4) is 0 Å². The molecule has 0 aliphatic carbocycles. The van der Waals surface area contributed by atoms with Crippen molar-refractivity contribution in [2.45, 2.75) is 18.2 Å². The molecule has 2 amide bonds. The van der Waals surface area contributed by atoms with E-state index in [1.165, 1.54) is 13.0 Å². The molecule has 0 saturated carbocycles. The number of hydrogen-bond donors (Lipinski definition) is 3. The first-order chi connectivity index (χ1) is 15.3. The SMILES string of the molecule is CCOC(=O)c1c(C)oc(NC(=O)CSc2nnc(Nc3ccccc3F)s2)c1C(N)=O. The number of hydrogen-bond acceptors (Lipinski definition) is 10. The number of nitrogens with two attached hydrogens (primary N) is 1. The maximum Gasteiger partial charge on any atom is 0.342 e. The Balaban J connectivity index is 1.64. The van der Waals surface area contributed by atoms with Gasteiger partial charge in [0.25, 0.3) is 5.91 Å². The maximum atomic E-state index is 13.7. The van der Waals surface area contributed by atoms with E-state index in [2.05, 4.69) is 20.8 Å². The molecule has 2 heterocycles. The van der Waals surface area contributed by atoms with Crippen LogP contribution in [0.1, 0.15) is 33.4 Å². The lowest BCUT2D eigenvalue weighted by molar-refractivity contribution is -0.113. The molecule has 3 aromatic rings. The lowest BCUT2D eigenvalue weighted by atomic mass is 10.1. The smallest absolute Gasteiger partial charge is 0.342 e. The van der Waals surface area contributed by atoms with Crippen molar-refractivity contribution >= 4 is 57.6 Å². The number of rotatable bonds is 9. The van der Waals surface area contributed by atoms with Gasteiger partial charge in [0.1, 0.15) is 22.7 Å². The molecule has 0 unspecified atom stereocenters. The third kappa shape index (κ3) is 5.42. The Labute approximate surface area is 189 Å². The van der Waals surface area contributed by atoms with Crippen LogP contribution < -0.4 is 16.4 Å². The second-order valence-electron chi connectivity index (χ2n) is 6.14. The molecule has 2 aromatic heterocycles. The first-order valence-corrected chi connectivity index (χ1v) is 11.0. The van der Waals surface area contributed by atoms with E-state index in [4.69, 9.17) is 14.9 Å². The summed E-state index contributed by atoms with van der Waals surface area (Å²) in [5, 5.41) is 13.4. The summed E-state index contributed by atoms with van der Waals surface area (Å²) in [7, 11) is 0. The minimum absolute atomic E-state index is 0.0909. The van der Waals surface area contributed by atoms with Crippen LogP contribution in [0.5, 0.6) is 0 Å². The fraction of sp³-hybridized carbons (Fsp3) is 0.211. The molecule has 13 heteroatoms. The number of aryl methyl sites for hydroxylation is 1. The second-order valence-corrected chi connectivity index (χ2v) is 8.34. The van der Waals surface area contributed by atoms with Crippen LogP contribution in [0.25, 0.3) is 0 Å². The predicted molar refractivity (Wildman–Crippen MR) is 117 cm³/mol. The third-order valence-corrected chi connectivity index (χ3v) is 5.88. The largest absolute Gasteiger partial charge is 0.462 e. The fourth-order valence-corrected chi connectivity index (χ4v) is 4.17. The van der Waals surface area contributed by atoms with E-state index in [9.17, 15) is 18.8 Å². The van der Waals surface area contributed by atoms with Gasteiger partial charge in [-0.2, -0.15) is 0 Å². The number of nitrogens with zero attached hydrogens (tertiary/aromatic N) is 2. The van der Waals surface area contributed by atoms with Crippen molar-refractivity contribution in [2.75, 3.05) is 23.0 Å². The second kappa shape index (κ2) is 10.2. The first kappa shape index (κ1) is 23.2.